The molecule has 0 fully saturated rings. The molecule has 1 unspecified atom stereocenters. The summed E-state index contributed by atoms with van der Waals surface area (Å²) in [6.45, 7) is 6.59. The van der Waals surface area contributed by atoms with E-state index in [1.807, 2.05) is 26.8 Å². The molecule has 1 aromatic rings. The van der Waals surface area contributed by atoms with E-state index in [9.17, 15) is 8.42 Å². The fraction of sp³-hybridized carbons (Fsp3) is 0.538. The van der Waals surface area contributed by atoms with Crippen LogP contribution in [0.3, 0.4) is 0 Å². The Morgan fingerprint density at radius 3 is 2.50 bits per heavy atom. The molecule has 0 aliphatic rings. The zero-order valence-corrected chi connectivity index (χ0v) is 12.1. The summed E-state index contributed by atoms with van der Waals surface area (Å²) in [5.41, 5.74) is 6.38. The van der Waals surface area contributed by atoms with Crippen molar-refractivity contribution in [1.29, 1.82) is 0 Å². The Balaban J connectivity index is 3.18. The number of benzene rings is 1. The highest BCUT2D eigenvalue weighted by molar-refractivity contribution is 7.89. The molecular formula is C13H22N2O2S. The standard InChI is InChI=1S/C13H22N2O2S/c1-4-11(3)15(5-2)18(16,17)13-8-6-7-12(9-13)10-14/h6-9,11H,4-5,10,14H2,1-3H3. The molecule has 0 radical (unpaired) electrons. The number of nitrogens with two attached hydrogens (primary N) is 1. The van der Waals surface area contributed by atoms with Crippen LogP contribution in [-0.2, 0) is 16.6 Å². The first-order chi connectivity index (χ1) is 8.47. The average molecular weight is 270 g/mol. The molecule has 2 N–H and O–H groups in total. The number of hydrogen-bond acceptors (Lipinski definition) is 3. The summed E-state index contributed by atoms with van der Waals surface area (Å²) < 4.78 is 26.6. The van der Waals surface area contributed by atoms with Gasteiger partial charge in [-0.05, 0) is 31.0 Å². The second-order valence-corrected chi connectivity index (χ2v) is 6.21. The number of hydrogen-bond donors (Lipinski definition) is 1. The fourth-order valence-electron chi connectivity index (χ4n) is 1.89. The Morgan fingerprint density at radius 1 is 1.33 bits per heavy atom. The minimum atomic E-state index is -3.42. The van der Waals surface area contributed by atoms with E-state index in [0.29, 0.717) is 18.0 Å². The van der Waals surface area contributed by atoms with Gasteiger partial charge < -0.3 is 5.73 Å². The van der Waals surface area contributed by atoms with Crippen LogP contribution in [0, 0.1) is 0 Å². The van der Waals surface area contributed by atoms with Gasteiger partial charge in [0.25, 0.3) is 0 Å². The molecule has 5 heteroatoms. The monoisotopic (exact) mass is 270 g/mol. The Labute approximate surface area is 110 Å². The topological polar surface area (TPSA) is 63.4 Å². The maximum atomic E-state index is 12.5. The van der Waals surface area contributed by atoms with E-state index >= 15 is 0 Å². The van der Waals surface area contributed by atoms with Crippen molar-refractivity contribution in [3.8, 4) is 0 Å². The van der Waals surface area contributed by atoms with Crippen molar-refractivity contribution in [3.63, 3.8) is 0 Å². The van der Waals surface area contributed by atoms with Gasteiger partial charge in [-0.15, -0.1) is 0 Å². The summed E-state index contributed by atoms with van der Waals surface area (Å²) in [5, 5.41) is 0. The van der Waals surface area contributed by atoms with E-state index in [1.165, 1.54) is 4.31 Å². The molecule has 0 amide bonds. The largest absolute Gasteiger partial charge is 0.326 e. The summed E-state index contributed by atoms with van der Waals surface area (Å²) in [5.74, 6) is 0. The molecule has 0 saturated carbocycles. The maximum absolute atomic E-state index is 12.5. The SMILES string of the molecule is CCC(C)N(CC)S(=O)(=O)c1cccc(CN)c1. The average Bonchev–Trinajstić information content (AvgIpc) is 2.39. The third-order valence-corrected chi connectivity index (χ3v) is 5.22. The predicted molar refractivity (Wildman–Crippen MR) is 73.7 cm³/mol. The van der Waals surface area contributed by atoms with Crippen LogP contribution in [0.2, 0.25) is 0 Å². The van der Waals surface area contributed by atoms with Crippen LogP contribution in [0.4, 0.5) is 0 Å². The normalized spacial score (nSPS) is 13.8. The second-order valence-electron chi connectivity index (χ2n) is 4.32. The van der Waals surface area contributed by atoms with Gasteiger partial charge in [0.05, 0.1) is 4.90 Å². The van der Waals surface area contributed by atoms with Crippen molar-refractivity contribution in [2.45, 2.75) is 44.7 Å². The molecule has 4 nitrogen and oxygen atoms in total. The highest BCUT2D eigenvalue weighted by Gasteiger charge is 2.26. The van der Waals surface area contributed by atoms with Gasteiger partial charge in [-0.25, -0.2) is 8.42 Å². The van der Waals surface area contributed by atoms with E-state index in [-0.39, 0.29) is 6.04 Å². The van der Waals surface area contributed by atoms with Gasteiger partial charge in [0.1, 0.15) is 0 Å². The highest BCUT2D eigenvalue weighted by Crippen LogP contribution is 2.20. The minimum absolute atomic E-state index is 0.00142. The Bertz CT molecular complexity index is 486. The maximum Gasteiger partial charge on any atom is 0.243 e. The molecule has 1 atom stereocenters. The lowest BCUT2D eigenvalue weighted by Crippen LogP contribution is -2.38. The Kier molecular flexibility index (Phi) is 5.31. The molecule has 1 rings (SSSR count). The van der Waals surface area contributed by atoms with Crippen molar-refractivity contribution < 1.29 is 8.42 Å². The molecule has 0 aliphatic heterocycles. The molecule has 1 aromatic carbocycles. The van der Waals surface area contributed by atoms with Crippen LogP contribution in [-0.4, -0.2) is 25.3 Å². The Hall–Kier alpha value is -0.910. The van der Waals surface area contributed by atoms with Crippen LogP contribution < -0.4 is 5.73 Å². The van der Waals surface area contributed by atoms with Gasteiger partial charge in [-0.1, -0.05) is 26.0 Å². The third-order valence-electron chi connectivity index (χ3n) is 3.13. The third kappa shape index (κ3) is 3.10. The van der Waals surface area contributed by atoms with Gasteiger partial charge in [-0.3, -0.25) is 0 Å². The van der Waals surface area contributed by atoms with Gasteiger partial charge in [0.15, 0.2) is 0 Å². The minimum Gasteiger partial charge on any atom is -0.326 e. The van der Waals surface area contributed by atoms with E-state index in [1.54, 1.807) is 18.2 Å². The molecule has 0 aromatic heterocycles. The first kappa shape index (κ1) is 15.1. The second kappa shape index (κ2) is 6.31. The predicted octanol–water partition coefficient (Wildman–Crippen LogP) is 1.95. The summed E-state index contributed by atoms with van der Waals surface area (Å²) in [6, 6.07) is 6.85. The highest BCUT2D eigenvalue weighted by atomic mass is 32.2. The van der Waals surface area contributed by atoms with Crippen molar-refractivity contribution in [1.82, 2.24) is 4.31 Å². The van der Waals surface area contributed by atoms with Crippen molar-refractivity contribution in [3.05, 3.63) is 29.8 Å². The lowest BCUT2D eigenvalue weighted by molar-refractivity contribution is 0.342. The zero-order chi connectivity index (χ0) is 13.8. The zero-order valence-electron chi connectivity index (χ0n) is 11.3. The molecule has 0 spiro atoms. The quantitative estimate of drug-likeness (QED) is 0.859. The first-order valence-electron chi connectivity index (χ1n) is 6.28. The van der Waals surface area contributed by atoms with Crippen LogP contribution in [0.5, 0.6) is 0 Å². The Morgan fingerprint density at radius 2 is 2.00 bits per heavy atom. The lowest BCUT2D eigenvalue weighted by Gasteiger charge is -2.26. The molecular weight excluding hydrogens is 248 g/mol. The van der Waals surface area contributed by atoms with E-state index in [2.05, 4.69) is 0 Å². The summed E-state index contributed by atoms with van der Waals surface area (Å²) in [4.78, 5) is 0.326. The molecule has 0 heterocycles. The smallest absolute Gasteiger partial charge is 0.243 e. The van der Waals surface area contributed by atoms with Gasteiger partial charge in [0, 0.05) is 19.1 Å². The van der Waals surface area contributed by atoms with Gasteiger partial charge in [0.2, 0.25) is 10.0 Å². The van der Waals surface area contributed by atoms with E-state index < -0.39 is 10.0 Å². The van der Waals surface area contributed by atoms with Gasteiger partial charge >= 0.3 is 0 Å². The number of nitrogens with zero attached hydrogens (tertiary/aromatic N) is 1. The fourth-order valence-corrected chi connectivity index (χ4v) is 3.67. The summed E-state index contributed by atoms with van der Waals surface area (Å²) in [6.07, 6.45) is 0.795. The lowest BCUT2D eigenvalue weighted by atomic mass is 10.2. The molecule has 0 aliphatic carbocycles. The molecule has 0 saturated heterocycles. The van der Waals surface area contributed by atoms with Crippen molar-refractivity contribution >= 4 is 10.0 Å². The molecule has 0 bridgehead atoms. The first-order valence-corrected chi connectivity index (χ1v) is 7.72. The number of sulfonamides is 1. The number of rotatable bonds is 6. The van der Waals surface area contributed by atoms with Crippen LogP contribution in [0.15, 0.2) is 29.2 Å². The van der Waals surface area contributed by atoms with E-state index in [0.717, 1.165) is 12.0 Å². The van der Waals surface area contributed by atoms with Crippen LogP contribution >= 0.6 is 0 Å². The van der Waals surface area contributed by atoms with Gasteiger partial charge in [-0.2, -0.15) is 4.31 Å². The van der Waals surface area contributed by atoms with Crippen LogP contribution in [0.1, 0.15) is 32.8 Å². The molecule has 102 valence electrons. The van der Waals surface area contributed by atoms with Crippen molar-refractivity contribution in [2.75, 3.05) is 6.54 Å². The molecule has 18 heavy (non-hydrogen) atoms. The van der Waals surface area contributed by atoms with Crippen LogP contribution in [0.25, 0.3) is 0 Å². The summed E-state index contributed by atoms with van der Waals surface area (Å²) in [7, 11) is -3.42. The van der Waals surface area contributed by atoms with E-state index in [4.69, 9.17) is 5.73 Å². The summed E-state index contributed by atoms with van der Waals surface area (Å²) >= 11 is 0. The van der Waals surface area contributed by atoms with Crippen molar-refractivity contribution in [2.24, 2.45) is 5.73 Å².